The highest BCUT2D eigenvalue weighted by molar-refractivity contribution is 6.03. The monoisotopic (exact) mass is 446 g/mol. The van der Waals surface area contributed by atoms with Crippen molar-refractivity contribution in [3.8, 4) is 0 Å². The van der Waals surface area contributed by atoms with Crippen molar-refractivity contribution in [3.05, 3.63) is 34.9 Å². The van der Waals surface area contributed by atoms with E-state index in [0.717, 1.165) is 18.2 Å². The van der Waals surface area contributed by atoms with E-state index in [1.165, 1.54) is 0 Å². The number of carbonyl (C=O) groups excluding carboxylic acids is 1. The number of esters is 1. The molecular weight excluding hydrogens is 420 g/mol. The Balaban J connectivity index is 2.88. The number of aliphatic hydroxyl groups excluding tert-OH is 5. The van der Waals surface area contributed by atoms with Crippen LogP contribution in [0.2, 0.25) is 0 Å². The molecule has 0 saturated heterocycles. The van der Waals surface area contributed by atoms with Gasteiger partial charge in [0, 0.05) is 0 Å². The molecule has 1 rings (SSSR count). The maximum absolute atomic E-state index is 12.3. The third kappa shape index (κ3) is 6.69. The maximum atomic E-state index is 12.3. The zero-order valence-electron chi connectivity index (χ0n) is 16.6. The summed E-state index contributed by atoms with van der Waals surface area (Å²) in [6.07, 6.45) is 0. The van der Waals surface area contributed by atoms with Crippen molar-refractivity contribution in [2.45, 2.75) is 0 Å². The first-order valence-electron chi connectivity index (χ1n) is 9.03. The number of rotatable bonds is 14. The van der Waals surface area contributed by atoms with Gasteiger partial charge in [0.05, 0.1) is 73.8 Å². The molecule has 0 spiro atoms. The number of aromatic carboxylic acids is 2. The van der Waals surface area contributed by atoms with Gasteiger partial charge < -0.3 is 45.2 Å². The zero-order valence-corrected chi connectivity index (χ0v) is 16.6. The van der Waals surface area contributed by atoms with Crippen LogP contribution in [0.5, 0.6) is 0 Å². The topological polar surface area (TPSA) is 211 Å². The van der Waals surface area contributed by atoms with Crippen molar-refractivity contribution >= 4 is 17.9 Å². The van der Waals surface area contributed by atoms with Gasteiger partial charge in [-0.25, -0.2) is 14.4 Å². The minimum absolute atomic E-state index is 0.257. The van der Waals surface area contributed by atoms with E-state index >= 15 is 0 Å². The van der Waals surface area contributed by atoms with Crippen molar-refractivity contribution in [2.75, 3.05) is 52.9 Å². The highest BCUT2D eigenvalue weighted by Crippen LogP contribution is 2.22. The van der Waals surface area contributed by atoms with Crippen molar-refractivity contribution in [1.29, 1.82) is 0 Å². The summed E-state index contributed by atoms with van der Waals surface area (Å²) in [6, 6.07) is 2.84. The van der Waals surface area contributed by atoms with E-state index in [4.69, 9.17) is 19.7 Å². The standard InChI is InChI=1S/C19H26O12/c20-4-18(5-21,6-22)9-30-10-19(7-23,8-24)11-31-17(29)12-1-2-13(15(25)26)14(3-12)16(27)28/h1-3,20-24H,4-11H2,(H,25,26)(H,27,28). The molecule has 0 radical (unpaired) electrons. The van der Waals surface area contributed by atoms with Crippen LogP contribution in [0.4, 0.5) is 0 Å². The number of benzene rings is 1. The number of aliphatic hydroxyl groups is 5. The van der Waals surface area contributed by atoms with E-state index in [0.29, 0.717) is 0 Å². The van der Waals surface area contributed by atoms with Gasteiger partial charge in [-0.05, 0) is 18.2 Å². The van der Waals surface area contributed by atoms with E-state index in [1.54, 1.807) is 0 Å². The molecule has 0 bridgehead atoms. The summed E-state index contributed by atoms with van der Waals surface area (Å²) in [6.45, 7) is -4.35. The Bertz CT molecular complexity index is 759. The first-order chi connectivity index (χ1) is 14.6. The lowest BCUT2D eigenvalue weighted by molar-refractivity contribution is -0.104. The second kappa shape index (κ2) is 11.7. The van der Waals surface area contributed by atoms with Gasteiger partial charge in [-0.1, -0.05) is 0 Å². The third-order valence-corrected chi connectivity index (χ3v) is 4.72. The second-order valence-electron chi connectivity index (χ2n) is 7.23. The van der Waals surface area contributed by atoms with Crippen molar-refractivity contribution < 1.29 is 59.6 Å². The van der Waals surface area contributed by atoms with E-state index in [-0.39, 0.29) is 18.8 Å². The first-order valence-corrected chi connectivity index (χ1v) is 9.03. The summed E-state index contributed by atoms with van der Waals surface area (Å²) in [5.74, 6) is -4.07. The normalized spacial score (nSPS) is 11.9. The zero-order chi connectivity index (χ0) is 23.7. The van der Waals surface area contributed by atoms with Gasteiger partial charge in [-0.2, -0.15) is 0 Å². The summed E-state index contributed by atoms with van der Waals surface area (Å²) in [5.41, 5.74) is -4.20. The molecule has 12 nitrogen and oxygen atoms in total. The SMILES string of the molecule is O=C(OCC(CO)(CO)COCC(CO)(CO)CO)c1ccc(C(=O)O)c(C(=O)O)c1. The Morgan fingerprint density at radius 2 is 1.19 bits per heavy atom. The molecule has 0 saturated carbocycles. The minimum Gasteiger partial charge on any atom is -0.478 e. The Hall–Kier alpha value is -2.61. The Morgan fingerprint density at radius 1 is 0.710 bits per heavy atom. The molecule has 31 heavy (non-hydrogen) atoms. The molecule has 12 heteroatoms. The number of hydrogen-bond donors (Lipinski definition) is 7. The van der Waals surface area contributed by atoms with Crippen LogP contribution in [-0.2, 0) is 9.47 Å². The van der Waals surface area contributed by atoms with Crippen molar-refractivity contribution in [2.24, 2.45) is 10.8 Å². The molecule has 7 N–H and O–H groups in total. The highest BCUT2D eigenvalue weighted by Gasteiger charge is 2.35. The van der Waals surface area contributed by atoms with Crippen LogP contribution < -0.4 is 0 Å². The molecule has 0 heterocycles. The molecule has 0 unspecified atom stereocenters. The number of carbonyl (C=O) groups is 3. The average Bonchev–Trinajstić information content (AvgIpc) is 2.78. The van der Waals surface area contributed by atoms with E-state index in [9.17, 15) is 39.9 Å². The Labute approximate surface area is 176 Å². The van der Waals surface area contributed by atoms with Crippen molar-refractivity contribution in [3.63, 3.8) is 0 Å². The predicted octanol–water partition coefficient (Wildman–Crippen LogP) is -1.81. The summed E-state index contributed by atoms with van der Waals surface area (Å²) in [4.78, 5) is 34.6. The number of ether oxygens (including phenoxy) is 2. The van der Waals surface area contributed by atoms with Crippen molar-refractivity contribution in [1.82, 2.24) is 0 Å². The van der Waals surface area contributed by atoms with Crippen LogP contribution in [0.25, 0.3) is 0 Å². The quantitative estimate of drug-likeness (QED) is 0.158. The van der Waals surface area contributed by atoms with Gasteiger partial charge in [0.1, 0.15) is 6.61 Å². The van der Waals surface area contributed by atoms with Crippen LogP contribution in [0.15, 0.2) is 18.2 Å². The molecule has 1 aromatic rings. The van der Waals surface area contributed by atoms with Crippen LogP contribution in [-0.4, -0.2) is 107 Å². The third-order valence-electron chi connectivity index (χ3n) is 4.72. The van der Waals surface area contributed by atoms with E-state index in [2.05, 4.69) is 0 Å². The van der Waals surface area contributed by atoms with Gasteiger partial charge in [-0.3, -0.25) is 0 Å². The van der Waals surface area contributed by atoms with E-state index in [1.807, 2.05) is 0 Å². The van der Waals surface area contributed by atoms with Gasteiger partial charge in [0.15, 0.2) is 0 Å². The van der Waals surface area contributed by atoms with Crippen LogP contribution in [0.3, 0.4) is 0 Å². The van der Waals surface area contributed by atoms with E-state index < -0.39 is 79.5 Å². The Kier molecular flexibility index (Phi) is 9.97. The Morgan fingerprint density at radius 3 is 1.65 bits per heavy atom. The lowest BCUT2D eigenvalue weighted by Crippen LogP contribution is -2.44. The summed E-state index contributed by atoms with van der Waals surface area (Å²) in [7, 11) is 0. The van der Waals surface area contributed by atoms with Gasteiger partial charge in [0.2, 0.25) is 0 Å². The number of hydrogen-bond acceptors (Lipinski definition) is 10. The second-order valence-corrected chi connectivity index (χ2v) is 7.23. The minimum atomic E-state index is -1.55. The average molecular weight is 446 g/mol. The first kappa shape index (κ1) is 26.4. The lowest BCUT2D eigenvalue weighted by Gasteiger charge is -2.32. The molecule has 0 amide bonds. The molecule has 0 aromatic heterocycles. The molecule has 0 fully saturated rings. The van der Waals surface area contributed by atoms with Crippen LogP contribution >= 0.6 is 0 Å². The van der Waals surface area contributed by atoms with Crippen LogP contribution in [0.1, 0.15) is 31.1 Å². The van der Waals surface area contributed by atoms with Crippen LogP contribution in [0, 0.1) is 10.8 Å². The highest BCUT2D eigenvalue weighted by atomic mass is 16.5. The lowest BCUT2D eigenvalue weighted by atomic mass is 9.90. The molecule has 0 aliphatic heterocycles. The number of carboxylic acids is 2. The maximum Gasteiger partial charge on any atom is 0.338 e. The fourth-order valence-corrected chi connectivity index (χ4v) is 2.38. The fourth-order valence-electron chi connectivity index (χ4n) is 2.38. The predicted molar refractivity (Wildman–Crippen MR) is 102 cm³/mol. The summed E-state index contributed by atoms with van der Waals surface area (Å²) in [5, 5.41) is 65.3. The molecular formula is C19H26O12. The molecule has 0 atom stereocenters. The summed E-state index contributed by atoms with van der Waals surface area (Å²) >= 11 is 0. The smallest absolute Gasteiger partial charge is 0.338 e. The number of carboxylic acid groups (broad SMARTS) is 2. The molecule has 1 aromatic carbocycles. The molecule has 0 aliphatic carbocycles. The molecule has 174 valence electrons. The fraction of sp³-hybridized carbons (Fsp3) is 0.526. The van der Waals surface area contributed by atoms with Gasteiger partial charge in [0.25, 0.3) is 0 Å². The van der Waals surface area contributed by atoms with Gasteiger partial charge in [-0.15, -0.1) is 0 Å². The molecule has 0 aliphatic rings. The summed E-state index contributed by atoms with van der Waals surface area (Å²) < 4.78 is 10.4. The van der Waals surface area contributed by atoms with Gasteiger partial charge >= 0.3 is 17.9 Å². The largest absolute Gasteiger partial charge is 0.478 e.